The van der Waals surface area contributed by atoms with Crippen molar-refractivity contribution in [3.8, 4) is 0 Å². The van der Waals surface area contributed by atoms with E-state index in [9.17, 15) is 22.8 Å². The van der Waals surface area contributed by atoms with Crippen molar-refractivity contribution < 1.29 is 22.8 Å². The number of hydrogen-bond donors (Lipinski definition) is 0. The van der Waals surface area contributed by atoms with Crippen LogP contribution in [-0.4, -0.2) is 36.3 Å². The molecular formula is C19H22F3NO2S. The molecule has 0 amide bonds. The number of allylic oxidation sites excluding steroid dienone is 1. The van der Waals surface area contributed by atoms with Gasteiger partial charge >= 0.3 is 6.18 Å². The molecule has 0 saturated heterocycles. The van der Waals surface area contributed by atoms with Gasteiger partial charge in [-0.25, -0.2) is 0 Å². The molecule has 0 heterocycles. The number of hydrogen-bond acceptors (Lipinski definition) is 4. The number of carbonyl (C=O) groups excluding carboxylic acids is 2. The molecule has 0 aliphatic heterocycles. The summed E-state index contributed by atoms with van der Waals surface area (Å²) in [6.45, 7) is 1.91. The van der Waals surface area contributed by atoms with Crippen molar-refractivity contribution in [1.82, 2.24) is 4.90 Å². The number of nitrogens with zero attached hydrogens (tertiary/aromatic N) is 1. The molecule has 0 unspecified atom stereocenters. The molecule has 1 aromatic carbocycles. The molecule has 1 aliphatic rings. The third kappa shape index (κ3) is 5.13. The maximum Gasteiger partial charge on any atom is 0.416 e. The van der Waals surface area contributed by atoms with Crippen LogP contribution < -0.4 is 0 Å². The predicted molar refractivity (Wildman–Crippen MR) is 96.3 cm³/mol. The summed E-state index contributed by atoms with van der Waals surface area (Å²) in [5.74, 6) is -0.297. The van der Waals surface area contributed by atoms with Gasteiger partial charge in [0.05, 0.1) is 11.1 Å². The SMILES string of the molecule is CCCSc1cc(C(F)(F)F)ccc1C(=O)C(=CN(C)C)C(=O)C1CC1. The van der Waals surface area contributed by atoms with Gasteiger partial charge in [0.15, 0.2) is 11.6 Å². The van der Waals surface area contributed by atoms with Crippen molar-refractivity contribution >= 4 is 23.3 Å². The molecule has 3 nitrogen and oxygen atoms in total. The van der Waals surface area contributed by atoms with Gasteiger partial charge in [-0.2, -0.15) is 13.2 Å². The Hall–Kier alpha value is -1.76. The molecule has 1 fully saturated rings. The maximum absolute atomic E-state index is 13.0. The van der Waals surface area contributed by atoms with Crippen molar-refractivity contribution in [3.63, 3.8) is 0 Å². The fraction of sp³-hybridized carbons (Fsp3) is 0.474. The standard InChI is InChI=1S/C19H22F3NO2S/c1-4-9-26-16-10-13(19(20,21)22)7-8-14(16)18(25)15(11-23(2)3)17(24)12-5-6-12/h7-8,10-12H,4-6,9H2,1-3H3. The first-order valence-corrected chi connectivity index (χ1v) is 9.45. The summed E-state index contributed by atoms with van der Waals surface area (Å²) in [5, 5.41) is 0. The Bertz CT molecular complexity index is 722. The van der Waals surface area contributed by atoms with Gasteiger partial charge in [-0.15, -0.1) is 11.8 Å². The van der Waals surface area contributed by atoms with E-state index < -0.39 is 17.5 Å². The van der Waals surface area contributed by atoms with Gasteiger partial charge in [0.1, 0.15) is 0 Å². The Morgan fingerprint density at radius 2 is 1.92 bits per heavy atom. The van der Waals surface area contributed by atoms with E-state index >= 15 is 0 Å². The van der Waals surface area contributed by atoms with Gasteiger partial charge in [-0.3, -0.25) is 9.59 Å². The van der Waals surface area contributed by atoms with Gasteiger partial charge in [-0.05, 0) is 43.2 Å². The first kappa shape index (κ1) is 20.6. The lowest BCUT2D eigenvalue weighted by molar-refractivity contribution is -0.137. The van der Waals surface area contributed by atoms with Crippen LogP contribution in [0.15, 0.2) is 34.9 Å². The predicted octanol–water partition coefficient (Wildman–Crippen LogP) is 4.81. The molecule has 142 valence electrons. The highest BCUT2D eigenvalue weighted by atomic mass is 32.2. The summed E-state index contributed by atoms with van der Waals surface area (Å²) in [4.78, 5) is 27.4. The summed E-state index contributed by atoms with van der Waals surface area (Å²) in [7, 11) is 3.40. The first-order valence-electron chi connectivity index (χ1n) is 8.46. The van der Waals surface area contributed by atoms with Crippen LogP contribution in [0.1, 0.15) is 42.1 Å². The average Bonchev–Trinajstić information content (AvgIpc) is 3.40. The van der Waals surface area contributed by atoms with Crippen molar-refractivity contribution in [2.75, 3.05) is 19.8 Å². The van der Waals surface area contributed by atoms with E-state index in [4.69, 9.17) is 0 Å². The number of Topliss-reactive ketones (excluding diaryl/α,β-unsaturated/α-hetero) is 2. The highest BCUT2D eigenvalue weighted by Crippen LogP contribution is 2.37. The van der Waals surface area contributed by atoms with E-state index in [-0.39, 0.29) is 27.7 Å². The van der Waals surface area contributed by atoms with Crippen LogP contribution in [0.4, 0.5) is 13.2 Å². The minimum atomic E-state index is -4.48. The molecule has 0 bridgehead atoms. The van der Waals surface area contributed by atoms with E-state index in [2.05, 4.69) is 0 Å². The van der Waals surface area contributed by atoms with Crippen molar-refractivity contribution in [2.24, 2.45) is 5.92 Å². The number of thioether (sulfide) groups is 1. The van der Waals surface area contributed by atoms with Gasteiger partial charge in [0.25, 0.3) is 0 Å². The van der Waals surface area contributed by atoms with Crippen LogP contribution in [0.25, 0.3) is 0 Å². The zero-order valence-electron chi connectivity index (χ0n) is 15.0. The second-order valence-electron chi connectivity index (χ2n) is 6.53. The fourth-order valence-electron chi connectivity index (χ4n) is 2.42. The second kappa shape index (κ2) is 8.29. The van der Waals surface area contributed by atoms with Crippen molar-refractivity contribution in [3.05, 3.63) is 41.1 Å². The van der Waals surface area contributed by atoms with Crippen LogP contribution in [0, 0.1) is 5.92 Å². The molecule has 0 atom stereocenters. The van der Waals surface area contributed by atoms with Gasteiger partial charge in [0.2, 0.25) is 0 Å². The number of benzene rings is 1. The van der Waals surface area contributed by atoms with Crippen LogP contribution in [0.3, 0.4) is 0 Å². The minimum Gasteiger partial charge on any atom is -0.383 e. The normalized spacial score (nSPS) is 15.1. The molecule has 26 heavy (non-hydrogen) atoms. The fourth-order valence-corrected chi connectivity index (χ4v) is 3.37. The van der Waals surface area contributed by atoms with Crippen LogP contribution in [0.5, 0.6) is 0 Å². The molecular weight excluding hydrogens is 363 g/mol. The number of carbonyl (C=O) groups is 2. The third-order valence-corrected chi connectivity index (χ3v) is 5.12. The van der Waals surface area contributed by atoms with E-state index in [1.54, 1.807) is 19.0 Å². The molecule has 0 radical (unpaired) electrons. The molecule has 1 aliphatic carbocycles. The molecule has 2 rings (SSSR count). The van der Waals surface area contributed by atoms with E-state index in [1.165, 1.54) is 24.0 Å². The quantitative estimate of drug-likeness (QED) is 0.211. The number of alkyl halides is 3. The third-order valence-electron chi connectivity index (χ3n) is 3.86. The van der Waals surface area contributed by atoms with Crippen molar-refractivity contribution in [2.45, 2.75) is 37.3 Å². The summed E-state index contributed by atoms with van der Waals surface area (Å²) in [6.07, 6.45) is -0.747. The lowest BCUT2D eigenvalue weighted by atomic mass is 9.97. The molecule has 7 heteroatoms. The zero-order valence-corrected chi connectivity index (χ0v) is 15.8. The Labute approximate surface area is 155 Å². The molecule has 0 N–H and O–H groups in total. The van der Waals surface area contributed by atoms with Gasteiger partial charge < -0.3 is 4.90 Å². The second-order valence-corrected chi connectivity index (χ2v) is 7.67. The molecule has 1 saturated carbocycles. The highest BCUT2D eigenvalue weighted by molar-refractivity contribution is 7.99. The van der Waals surface area contributed by atoms with Gasteiger partial charge in [-0.1, -0.05) is 6.92 Å². The Kier molecular flexibility index (Phi) is 6.55. The Balaban J connectivity index is 2.45. The van der Waals surface area contributed by atoms with Crippen LogP contribution in [-0.2, 0) is 11.0 Å². The number of rotatable bonds is 8. The van der Waals surface area contributed by atoms with Crippen LogP contribution in [0.2, 0.25) is 0 Å². The number of halogens is 3. The van der Waals surface area contributed by atoms with Crippen LogP contribution >= 0.6 is 11.8 Å². The topological polar surface area (TPSA) is 37.4 Å². The molecule has 0 aromatic heterocycles. The minimum absolute atomic E-state index is 0.0376. The Morgan fingerprint density at radius 1 is 1.27 bits per heavy atom. The van der Waals surface area contributed by atoms with E-state index in [0.717, 1.165) is 31.4 Å². The Morgan fingerprint density at radius 3 is 2.42 bits per heavy atom. The van der Waals surface area contributed by atoms with E-state index in [1.807, 2.05) is 6.92 Å². The smallest absolute Gasteiger partial charge is 0.383 e. The lowest BCUT2D eigenvalue weighted by Crippen LogP contribution is -2.19. The summed E-state index contributed by atoms with van der Waals surface area (Å²) < 4.78 is 39.1. The zero-order chi connectivity index (χ0) is 19.5. The van der Waals surface area contributed by atoms with Crippen molar-refractivity contribution in [1.29, 1.82) is 0 Å². The average molecular weight is 385 g/mol. The molecule has 0 spiro atoms. The first-order chi connectivity index (χ1) is 12.1. The monoisotopic (exact) mass is 385 g/mol. The largest absolute Gasteiger partial charge is 0.416 e. The summed E-state index contributed by atoms with van der Waals surface area (Å²) >= 11 is 1.20. The van der Waals surface area contributed by atoms with E-state index in [0.29, 0.717) is 5.75 Å². The summed E-state index contributed by atoms with van der Waals surface area (Å²) in [6, 6.07) is 3.09. The lowest BCUT2D eigenvalue weighted by Gasteiger charge is -2.15. The highest BCUT2D eigenvalue weighted by Gasteiger charge is 2.36. The summed E-state index contributed by atoms with van der Waals surface area (Å²) in [5.41, 5.74) is -0.603. The maximum atomic E-state index is 13.0. The number of ketones is 2. The molecule has 1 aromatic rings. The van der Waals surface area contributed by atoms with Gasteiger partial charge in [0, 0.05) is 36.7 Å².